The molecule has 1 aliphatic carbocycles. The van der Waals surface area contributed by atoms with Crippen molar-refractivity contribution in [2.24, 2.45) is 21.6 Å². The second-order valence-electron chi connectivity index (χ2n) is 5.28. The van der Waals surface area contributed by atoms with Gasteiger partial charge < -0.3 is 15.2 Å². The highest BCUT2D eigenvalue weighted by molar-refractivity contribution is 6.00. The van der Waals surface area contributed by atoms with E-state index in [9.17, 15) is 14.9 Å². The first-order chi connectivity index (χ1) is 10.5. The average Bonchev–Trinajstić information content (AvgIpc) is 3.10. The minimum atomic E-state index is -1.73. The highest BCUT2D eigenvalue weighted by Gasteiger charge is 2.93. The van der Waals surface area contributed by atoms with Crippen molar-refractivity contribution < 1.29 is 13.9 Å². The van der Waals surface area contributed by atoms with Gasteiger partial charge in [-0.3, -0.25) is 0 Å². The standard InChI is InChI=1S/C15H13FN4O2/c1-21-15(22-2)14(8-18)11(9-5-3-4-6-10(9)16)13(14,7-17)12(19)20-15/h3-6,11H,1-2H3,(H2,19,20)/t11-,13+,14+/m0/s1. The van der Waals surface area contributed by atoms with Crippen LogP contribution >= 0.6 is 0 Å². The minimum absolute atomic E-state index is 0.0755. The van der Waals surface area contributed by atoms with Crippen molar-refractivity contribution in [3.8, 4) is 12.1 Å². The van der Waals surface area contributed by atoms with E-state index in [0.29, 0.717) is 0 Å². The molecule has 1 heterocycles. The van der Waals surface area contributed by atoms with Crippen LogP contribution in [0.3, 0.4) is 0 Å². The van der Waals surface area contributed by atoms with Crippen LogP contribution < -0.4 is 5.73 Å². The number of nitriles is 2. The maximum absolute atomic E-state index is 14.2. The van der Waals surface area contributed by atoms with E-state index >= 15 is 0 Å². The topological polar surface area (TPSA) is 104 Å². The molecule has 0 unspecified atom stereocenters. The van der Waals surface area contributed by atoms with Gasteiger partial charge in [0.25, 0.3) is 5.91 Å². The fraction of sp³-hybridized carbons (Fsp3) is 0.400. The molecule has 22 heavy (non-hydrogen) atoms. The van der Waals surface area contributed by atoms with Crippen molar-refractivity contribution in [2.45, 2.75) is 11.8 Å². The van der Waals surface area contributed by atoms with Gasteiger partial charge in [0.15, 0.2) is 5.41 Å². The zero-order chi connectivity index (χ0) is 16.2. The maximum Gasteiger partial charge on any atom is 0.292 e. The highest BCUT2D eigenvalue weighted by atomic mass is 19.1. The Labute approximate surface area is 126 Å². The molecule has 0 amide bonds. The Hall–Kier alpha value is -2.48. The van der Waals surface area contributed by atoms with E-state index in [-0.39, 0.29) is 11.4 Å². The van der Waals surface area contributed by atoms with Crippen molar-refractivity contribution in [3.05, 3.63) is 35.6 Å². The Morgan fingerprint density at radius 3 is 2.36 bits per heavy atom. The van der Waals surface area contributed by atoms with E-state index in [1.165, 1.54) is 32.4 Å². The predicted molar refractivity (Wildman–Crippen MR) is 73.6 cm³/mol. The summed E-state index contributed by atoms with van der Waals surface area (Å²) in [6.45, 7) is 0. The van der Waals surface area contributed by atoms with Gasteiger partial charge >= 0.3 is 0 Å². The van der Waals surface area contributed by atoms with E-state index in [0.717, 1.165) is 0 Å². The normalized spacial score (nSPS) is 34.2. The second kappa shape index (κ2) is 4.26. The maximum atomic E-state index is 14.2. The molecule has 0 aromatic heterocycles. The molecule has 2 N–H and O–H groups in total. The number of methoxy groups -OCH3 is 2. The summed E-state index contributed by atoms with van der Waals surface area (Å²) in [6, 6.07) is 10.1. The molecule has 6 nitrogen and oxygen atoms in total. The number of nitrogens with two attached hydrogens (primary N) is 1. The Morgan fingerprint density at radius 2 is 1.86 bits per heavy atom. The third-order valence-corrected chi connectivity index (χ3v) is 4.70. The van der Waals surface area contributed by atoms with E-state index in [4.69, 9.17) is 15.2 Å². The van der Waals surface area contributed by atoms with Crippen molar-refractivity contribution in [1.82, 2.24) is 0 Å². The average molecular weight is 300 g/mol. The quantitative estimate of drug-likeness (QED) is 0.846. The third kappa shape index (κ3) is 1.19. The van der Waals surface area contributed by atoms with Gasteiger partial charge in [-0.25, -0.2) is 9.38 Å². The number of fused-ring (bicyclic) bond motifs is 1. The minimum Gasteiger partial charge on any atom is -0.386 e. The number of benzene rings is 1. The molecular formula is C15H13FN4O2. The Morgan fingerprint density at radius 1 is 1.23 bits per heavy atom. The SMILES string of the molecule is COC1(OC)N=C(N)[C@@]2(C#N)[C@H](c3ccccc3F)[C@@]12C#N. The largest absolute Gasteiger partial charge is 0.386 e. The number of hydrogen-bond donors (Lipinski definition) is 1. The molecule has 0 spiro atoms. The summed E-state index contributed by atoms with van der Waals surface area (Å²) >= 11 is 0. The summed E-state index contributed by atoms with van der Waals surface area (Å²) in [5, 5.41) is 19.5. The van der Waals surface area contributed by atoms with Crippen LogP contribution in [0.15, 0.2) is 29.3 Å². The van der Waals surface area contributed by atoms with Crippen LogP contribution in [0.1, 0.15) is 11.5 Å². The van der Waals surface area contributed by atoms with E-state index in [2.05, 4.69) is 17.1 Å². The Bertz CT molecular complexity index is 762. The molecule has 0 bridgehead atoms. The van der Waals surface area contributed by atoms with Gasteiger partial charge in [0, 0.05) is 20.1 Å². The van der Waals surface area contributed by atoms with E-state index in [1.807, 2.05) is 0 Å². The molecule has 7 heteroatoms. The molecule has 1 aliphatic heterocycles. The number of hydrogen-bond acceptors (Lipinski definition) is 6. The van der Waals surface area contributed by atoms with Gasteiger partial charge in [0.1, 0.15) is 17.1 Å². The first-order valence-corrected chi connectivity index (χ1v) is 6.54. The predicted octanol–water partition coefficient (Wildman–Crippen LogP) is 1.26. The molecule has 0 radical (unpaired) electrons. The number of rotatable bonds is 3. The van der Waals surface area contributed by atoms with Crippen LogP contribution in [-0.2, 0) is 9.47 Å². The lowest BCUT2D eigenvalue weighted by Gasteiger charge is -2.29. The van der Waals surface area contributed by atoms with Gasteiger partial charge in [-0.1, -0.05) is 18.2 Å². The second-order valence-corrected chi connectivity index (χ2v) is 5.28. The van der Waals surface area contributed by atoms with Crippen molar-refractivity contribution >= 4 is 5.84 Å². The molecular weight excluding hydrogens is 287 g/mol. The van der Waals surface area contributed by atoms with Crippen LogP contribution in [0, 0.1) is 39.3 Å². The van der Waals surface area contributed by atoms with Crippen LogP contribution in [0.4, 0.5) is 4.39 Å². The molecule has 1 saturated carbocycles. The number of halogens is 1. The van der Waals surface area contributed by atoms with Crippen molar-refractivity contribution in [2.75, 3.05) is 14.2 Å². The summed E-state index contributed by atoms with van der Waals surface area (Å²) in [7, 11) is 2.62. The molecule has 1 aromatic carbocycles. The molecule has 3 atom stereocenters. The number of aliphatic imine (C=N–C) groups is 1. The van der Waals surface area contributed by atoms with Gasteiger partial charge in [0.05, 0.1) is 12.1 Å². The summed E-state index contributed by atoms with van der Waals surface area (Å²) in [6.07, 6.45) is 0. The van der Waals surface area contributed by atoms with Crippen LogP contribution in [0.25, 0.3) is 0 Å². The molecule has 1 aromatic rings. The van der Waals surface area contributed by atoms with Gasteiger partial charge in [-0.2, -0.15) is 10.5 Å². The molecule has 1 fully saturated rings. The van der Waals surface area contributed by atoms with Crippen LogP contribution in [0.5, 0.6) is 0 Å². The Kier molecular flexibility index (Phi) is 2.80. The number of ether oxygens (including phenoxy) is 2. The summed E-state index contributed by atoms with van der Waals surface area (Å²) in [5.74, 6) is -3.13. The smallest absolute Gasteiger partial charge is 0.292 e. The molecule has 3 rings (SSSR count). The lowest BCUT2D eigenvalue weighted by atomic mass is 9.93. The van der Waals surface area contributed by atoms with Gasteiger partial charge in [-0.15, -0.1) is 0 Å². The zero-order valence-electron chi connectivity index (χ0n) is 12.0. The van der Waals surface area contributed by atoms with Gasteiger partial charge in [-0.05, 0) is 11.6 Å². The third-order valence-electron chi connectivity index (χ3n) is 4.70. The van der Waals surface area contributed by atoms with Crippen LogP contribution in [0.2, 0.25) is 0 Å². The Balaban J connectivity index is 2.29. The lowest BCUT2D eigenvalue weighted by Crippen LogP contribution is -2.41. The van der Waals surface area contributed by atoms with Crippen molar-refractivity contribution in [3.63, 3.8) is 0 Å². The monoisotopic (exact) mass is 300 g/mol. The van der Waals surface area contributed by atoms with Crippen LogP contribution in [-0.4, -0.2) is 26.0 Å². The lowest BCUT2D eigenvalue weighted by molar-refractivity contribution is -0.230. The molecule has 0 saturated heterocycles. The number of amidine groups is 1. The van der Waals surface area contributed by atoms with Crippen molar-refractivity contribution in [1.29, 1.82) is 10.5 Å². The molecule has 112 valence electrons. The molecule has 2 aliphatic rings. The first-order valence-electron chi connectivity index (χ1n) is 6.54. The van der Waals surface area contributed by atoms with E-state index in [1.54, 1.807) is 6.07 Å². The summed E-state index contributed by atoms with van der Waals surface area (Å²) in [5.41, 5.74) is 3.16. The first kappa shape index (κ1) is 14.5. The zero-order valence-corrected chi connectivity index (χ0v) is 12.0. The summed E-state index contributed by atoms with van der Waals surface area (Å²) in [4.78, 5) is 4.06. The highest BCUT2D eigenvalue weighted by Crippen LogP contribution is 2.81. The van der Waals surface area contributed by atoms with E-state index < -0.39 is 28.5 Å². The summed E-state index contributed by atoms with van der Waals surface area (Å²) < 4.78 is 24.8. The van der Waals surface area contributed by atoms with Gasteiger partial charge in [0.2, 0.25) is 0 Å². The number of nitrogens with zero attached hydrogens (tertiary/aromatic N) is 3. The fourth-order valence-corrected chi connectivity index (χ4v) is 3.70. The fourth-order valence-electron chi connectivity index (χ4n) is 3.70.